The van der Waals surface area contributed by atoms with Crippen molar-refractivity contribution in [2.24, 2.45) is 5.10 Å². The van der Waals surface area contributed by atoms with E-state index in [1.807, 2.05) is 30.3 Å². The summed E-state index contributed by atoms with van der Waals surface area (Å²) in [5.74, 6) is -0.211. The van der Waals surface area contributed by atoms with Gasteiger partial charge >= 0.3 is 6.61 Å². The van der Waals surface area contributed by atoms with Crippen molar-refractivity contribution < 1.29 is 23.0 Å². The first-order chi connectivity index (χ1) is 12.6. The number of hydrogen-bond donors (Lipinski definition) is 2. The van der Waals surface area contributed by atoms with E-state index in [0.29, 0.717) is 12.2 Å². The number of alkyl halides is 2. The highest BCUT2D eigenvalue weighted by atomic mass is 19.3. The van der Waals surface area contributed by atoms with E-state index in [1.54, 1.807) is 6.92 Å². The summed E-state index contributed by atoms with van der Waals surface area (Å²) in [6.45, 7) is -0.855. The summed E-state index contributed by atoms with van der Waals surface area (Å²) in [4.78, 5) is 11.7. The van der Waals surface area contributed by atoms with Gasteiger partial charge in [0.2, 0.25) is 0 Å². The van der Waals surface area contributed by atoms with Gasteiger partial charge in [0.25, 0.3) is 5.91 Å². The predicted octanol–water partition coefficient (Wildman–Crippen LogP) is 3.25. The number of anilines is 1. The number of carbonyl (C=O) groups excluding carboxylic acids is 1. The Labute approximate surface area is 149 Å². The lowest BCUT2D eigenvalue weighted by atomic mass is 10.2. The molecule has 0 heterocycles. The maximum Gasteiger partial charge on any atom is 0.387 e. The fraction of sp³-hybridized carbons (Fsp3) is 0.222. The van der Waals surface area contributed by atoms with Crippen LogP contribution in [0.2, 0.25) is 0 Å². The highest BCUT2D eigenvalue weighted by Gasteiger charge is 2.11. The number of para-hydroxylation sites is 1. The van der Waals surface area contributed by atoms with Crippen molar-refractivity contribution in [3.05, 3.63) is 54.1 Å². The lowest BCUT2D eigenvalue weighted by Gasteiger charge is -2.11. The van der Waals surface area contributed by atoms with E-state index >= 15 is 0 Å². The van der Waals surface area contributed by atoms with E-state index in [0.717, 1.165) is 5.69 Å². The van der Waals surface area contributed by atoms with E-state index < -0.39 is 6.61 Å². The molecular formula is C18H19F2N3O3. The van der Waals surface area contributed by atoms with Gasteiger partial charge in [-0.05, 0) is 42.8 Å². The number of halogens is 2. The molecule has 0 saturated carbocycles. The van der Waals surface area contributed by atoms with E-state index in [4.69, 9.17) is 4.74 Å². The van der Waals surface area contributed by atoms with Crippen LogP contribution in [0, 0.1) is 0 Å². The van der Waals surface area contributed by atoms with Crippen LogP contribution in [-0.4, -0.2) is 31.9 Å². The lowest BCUT2D eigenvalue weighted by molar-refractivity contribution is -0.119. The van der Waals surface area contributed by atoms with Crippen LogP contribution in [0.1, 0.15) is 12.5 Å². The van der Waals surface area contributed by atoms with Gasteiger partial charge in [-0.15, -0.1) is 0 Å². The molecule has 2 aromatic carbocycles. The number of hydrogen-bond acceptors (Lipinski definition) is 5. The molecule has 0 radical (unpaired) electrons. The van der Waals surface area contributed by atoms with E-state index in [-0.39, 0.29) is 24.0 Å². The molecule has 0 fully saturated rings. The van der Waals surface area contributed by atoms with Crippen LogP contribution < -0.4 is 20.2 Å². The summed E-state index contributed by atoms with van der Waals surface area (Å²) < 4.78 is 34.4. The summed E-state index contributed by atoms with van der Waals surface area (Å²) in [5, 5.41) is 6.79. The average Bonchev–Trinajstić information content (AvgIpc) is 2.63. The Balaban J connectivity index is 1.90. The second kappa shape index (κ2) is 9.97. The fourth-order valence-corrected chi connectivity index (χ4v) is 2.02. The average molecular weight is 363 g/mol. The largest absolute Gasteiger partial charge is 0.490 e. The summed E-state index contributed by atoms with van der Waals surface area (Å²) in [7, 11) is 0. The molecule has 8 heteroatoms. The van der Waals surface area contributed by atoms with Crippen LogP contribution >= 0.6 is 0 Å². The Morgan fingerprint density at radius 3 is 2.65 bits per heavy atom. The third-order valence-corrected chi connectivity index (χ3v) is 3.11. The minimum absolute atomic E-state index is 0.0601. The predicted molar refractivity (Wildman–Crippen MR) is 94.9 cm³/mol. The quantitative estimate of drug-likeness (QED) is 0.530. The van der Waals surface area contributed by atoms with Crippen molar-refractivity contribution in [3.63, 3.8) is 0 Å². The number of rotatable bonds is 9. The third kappa shape index (κ3) is 6.39. The Bertz CT molecular complexity index is 740. The molecule has 2 rings (SSSR count). The lowest BCUT2D eigenvalue weighted by Crippen LogP contribution is -2.25. The van der Waals surface area contributed by atoms with Gasteiger partial charge in [-0.1, -0.05) is 18.2 Å². The molecule has 0 aliphatic carbocycles. The molecule has 2 N–H and O–H groups in total. The van der Waals surface area contributed by atoms with Crippen molar-refractivity contribution in [1.82, 2.24) is 5.43 Å². The van der Waals surface area contributed by atoms with E-state index in [1.165, 1.54) is 24.4 Å². The summed E-state index contributed by atoms with van der Waals surface area (Å²) in [5.41, 5.74) is 3.76. The SMILES string of the molecule is CCOc1cc(/C=N\NC(=O)CNc2ccccc2)ccc1OC(F)F. The minimum atomic E-state index is -2.94. The van der Waals surface area contributed by atoms with Crippen LogP contribution in [0.5, 0.6) is 11.5 Å². The van der Waals surface area contributed by atoms with Gasteiger partial charge in [0, 0.05) is 5.69 Å². The molecule has 138 valence electrons. The standard InChI is InChI=1S/C18H19F2N3O3/c1-2-25-16-10-13(8-9-15(16)26-18(19)20)11-22-23-17(24)12-21-14-6-4-3-5-7-14/h3-11,18,21H,2,12H2,1H3,(H,23,24)/b22-11-. The Kier molecular flexibility index (Phi) is 7.35. The second-order valence-electron chi connectivity index (χ2n) is 5.03. The summed E-state index contributed by atoms with van der Waals surface area (Å²) >= 11 is 0. The van der Waals surface area contributed by atoms with Crippen molar-refractivity contribution in [2.45, 2.75) is 13.5 Å². The van der Waals surface area contributed by atoms with Crippen molar-refractivity contribution in [3.8, 4) is 11.5 Å². The molecular weight excluding hydrogens is 344 g/mol. The molecule has 2 aromatic rings. The highest BCUT2D eigenvalue weighted by Crippen LogP contribution is 2.29. The first kappa shape index (κ1) is 19.2. The topological polar surface area (TPSA) is 72.0 Å². The molecule has 6 nitrogen and oxygen atoms in total. The van der Waals surface area contributed by atoms with Crippen LogP contribution in [-0.2, 0) is 4.79 Å². The maximum atomic E-state index is 12.4. The smallest absolute Gasteiger partial charge is 0.387 e. The van der Waals surface area contributed by atoms with Gasteiger partial charge in [0.05, 0.1) is 19.4 Å². The number of hydrazone groups is 1. The van der Waals surface area contributed by atoms with Gasteiger partial charge < -0.3 is 14.8 Å². The Hall–Kier alpha value is -3.16. The number of benzene rings is 2. The van der Waals surface area contributed by atoms with Crippen molar-refractivity contribution >= 4 is 17.8 Å². The monoisotopic (exact) mass is 363 g/mol. The van der Waals surface area contributed by atoms with Gasteiger partial charge in [0.1, 0.15) is 0 Å². The molecule has 0 spiro atoms. The maximum absolute atomic E-state index is 12.4. The zero-order chi connectivity index (χ0) is 18.8. The van der Waals surface area contributed by atoms with Crippen molar-refractivity contribution in [2.75, 3.05) is 18.5 Å². The molecule has 0 saturated heterocycles. The normalized spacial score (nSPS) is 10.8. The molecule has 1 amide bonds. The zero-order valence-corrected chi connectivity index (χ0v) is 14.1. The van der Waals surface area contributed by atoms with Gasteiger partial charge in [-0.3, -0.25) is 4.79 Å². The summed E-state index contributed by atoms with van der Waals surface area (Å²) in [6, 6.07) is 13.7. The Morgan fingerprint density at radius 1 is 1.19 bits per heavy atom. The van der Waals surface area contributed by atoms with Crippen LogP contribution in [0.4, 0.5) is 14.5 Å². The van der Waals surface area contributed by atoms with Crippen LogP contribution in [0.3, 0.4) is 0 Å². The second-order valence-corrected chi connectivity index (χ2v) is 5.03. The first-order valence-corrected chi connectivity index (χ1v) is 7.91. The van der Waals surface area contributed by atoms with Crippen LogP contribution in [0.15, 0.2) is 53.6 Å². The zero-order valence-electron chi connectivity index (χ0n) is 14.1. The van der Waals surface area contributed by atoms with E-state index in [2.05, 4.69) is 20.6 Å². The molecule has 0 unspecified atom stereocenters. The molecule has 0 atom stereocenters. The van der Waals surface area contributed by atoms with Crippen molar-refractivity contribution in [1.29, 1.82) is 0 Å². The molecule has 0 aliphatic heterocycles. The molecule has 0 bridgehead atoms. The number of amides is 1. The third-order valence-electron chi connectivity index (χ3n) is 3.11. The number of ether oxygens (including phenoxy) is 2. The van der Waals surface area contributed by atoms with Gasteiger partial charge in [-0.2, -0.15) is 13.9 Å². The van der Waals surface area contributed by atoms with Crippen LogP contribution in [0.25, 0.3) is 0 Å². The summed E-state index contributed by atoms with van der Waals surface area (Å²) in [6.07, 6.45) is 1.38. The number of nitrogens with zero attached hydrogens (tertiary/aromatic N) is 1. The Morgan fingerprint density at radius 2 is 1.96 bits per heavy atom. The fourth-order valence-electron chi connectivity index (χ4n) is 2.02. The molecule has 26 heavy (non-hydrogen) atoms. The highest BCUT2D eigenvalue weighted by molar-refractivity contribution is 5.84. The number of nitrogens with one attached hydrogen (secondary N) is 2. The van der Waals surface area contributed by atoms with E-state index in [9.17, 15) is 13.6 Å². The van der Waals surface area contributed by atoms with Gasteiger partial charge in [-0.25, -0.2) is 5.43 Å². The molecule has 0 aliphatic rings. The minimum Gasteiger partial charge on any atom is -0.490 e. The molecule has 0 aromatic heterocycles. The first-order valence-electron chi connectivity index (χ1n) is 7.91. The van der Waals surface area contributed by atoms with Gasteiger partial charge in [0.15, 0.2) is 11.5 Å². The number of carbonyl (C=O) groups is 1.